The van der Waals surface area contributed by atoms with Crippen LogP contribution in [0.3, 0.4) is 0 Å². The first kappa shape index (κ1) is 4.22. The molecule has 0 spiro atoms. The standard InChI is InChI=1S/C3H3N3OS/c1-3(4-5-8-1)6-2-7-6/h1H,2H2. The van der Waals surface area contributed by atoms with Crippen molar-refractivity contribution in [3.63, 3.8) is 0 Å². The Bertz CT molecular complexity index is 171. The Kier molecular flexibility index (Phi) is 0.737. The van der Waals surface area contributed by atoms with Gasteiger partial charge in [0, 0.05) is 0 Å². The molecule has 42 valence electrons. The van der Waals surface area contributed by atoms with E-state index in [0.717, 1.165) is 5.82 Å². The van der Waals surface area contributed by atoms with Crippen molar-refractivity contribution in [3.8, 4) is 0 Å². The van der Waals surface area contributed by atoms with E-state index in [0.29, 0.717) is 6.73 Å². The lowest BCUT2D eigenvalue weighted by atomic mass is 10.8. The number of hydrogen-bond acceptors (Lipinski definition) is 5. The van der Waals surface area contributed by atoms with Crippen LogP contribution >= 0.6 is 11.5 Å². The normalized spacial score (nSPS) is 16.8. The third-order valence-electron chi connectivity index (χ3n) is 0.862. The molecule has 0 aromatic carbocycles. The maximum atomic E-state index is 4.79. The molecule has 0 atom stereocenters. The van der Waals surface area contributed by atoms with Crippen LogP contribution in [-0.4, -0.2) is 16.3 Å². The molecular weight excluding hydrogens is 126 g/mol. The number of rotatable bonds is 1. The van der Waals surface area contributed by atoms with Gasteiger partial charge in [-0.05, 0) is 11.5 Å². The Morgan fingerprint density at radius 2 is 2.75 bits per heavy atom. The minimum absolute atomic E-state index is 0.658. The van der Waals surface area contributed by atoms with Crippen LogP contribution in [0, 0.1) is 0 Å². The monoisotopic (exact) mass is 129 g/mol. The zero-order chi connectivity index (χ0) is 5.40. The van der Waals surface area contributed by atoms with Gasteiger partial charge in [-0.25, -0.2) is 9.90 Å². The minimum Gasteiger partial charge on any atom is -0.246 e. The highest BCUT2D eigenvalue weighted by Crippen LogP contribution is 2.19. The molecule has 1 aliphatic rings. The molecule has 0 amide bonds. The second kappa shape index (κ2) is 1.40. The molecular formula is C3H3N3OS. The summed E-state index contributed by atoms with van der Waals surface area (Å²) >= 11 is 1.33. The number of anilines is 1. The molecule has 1 aliphatic heterocycles. The van der Waals surface area contributed by atoms with Crippen LogP contribution in [0.1, 0.15) is 0 Å². The third kappa shape index (κ3) is 0.560. The molecule has 4 nitrogen and oxygen atoms in total. The molecule has 1 saturated heterocycles. The minimum atomic E-state index is 0.658. The van der Waals surface area contributed by atoms with Crippen LogP contribution in [-0.2, 0) is 4.84 Å². The summed E-state index contributed by atoms with van der Waals surface area (Å²) in [7, 11) is 0. The van der Waals surface area contributed by atoms with E-state index < -0.39 is 0 Å². The van der Waals surface area contributed by atoms with Gasteiger partial charge < -0.3 is 0 Å². The number of aromatic nitrogens is 2. The van der Waals surface area contributed by atoms with Crippen molar-refractivity contribution in [1.29, 1.82) is 0 Å². The molecule has 1 aromatic heterocycles. The summed E-state index contributed by atoms with van der Waals surface area (Å²) in [5.41, 5.74) is 0. The van der Waals surface area contributed by atoms with Gasteiger partial charge in [0.15, 0.2) is 12.5 Å². The number of hydrogen-bond donors (Lipinski definition) is 0. The van der Waals surface area contributed by atoms with Crippen molar-refractivity contribution in [2.45, 2.75) is 0 Å². The van der Waals surface area contributed by atoms with Gasteiger partial charge in [-0.2, -0.15) is 0 Å². The van der Waals surface area contributed by atoms with Crippen molar-refractivity contribution in [2.75, 3.05) is 11.8 Å². The fraction of sp³-hybridized carbons (Fsp3) is 0.333. The lowest BCUT2D eigenvalue weighted by molar-refractivity contribution is 0.450. The van der Waals surface area contributed by atoms with Crippen molar-refractivity contribution in [3.05, 3.63) is 5.38 Å². The Morgan fingerprint density at radius 1 is 1.88 bits per heavy atom. The second-order valence-electron chi connectivity index (χ2n) is 1.40. The molecule has 2 rings (SSSR count). The molecule has 5 heteroatoms. The van der Waals surface area contributed by atoms with Gasteiger partial charge in [0.2, 0.25) is 0 Å². The quantitative estimate of drug-likeness (QED) is 0.509. The van der Waals surface area contributed by atoms with E-state index in [9.17, 15) is 0 Å². The van der Waals surface area contributed by atoms with Gasteiger partial charge in [0.05, 0.1) is 5.38 Å². The topological polar surface area (TPSA) is 41.3 Å². The molecule has 0 N–H and O–H groups in total. The highest BCUT2D eigenvalue weighted by molar-refractivity contribution is 7.03. The van der Waals surface area contributed by atoms with E-state index >= 15 is 0 Å². The fourth-order valence-electron chi connectivity index (χ4n) is 0.429. The predicted molar refractivity (Wildman–Crippen MR) is 28.3 cm³/mol. The van der Waals surface area contributed by atoms with Crippen LogP contribution in [0.5, 0.6) is 0 Å². The van der Waals surface area contributed by atoms with Crippen molar-refractivity contribution in [1.82, 2.24) is 9.59 Å². The van der Waals surface area contributed by atoms with Gasteiger partial charge in [-0.1, -0.05) is 4.49 Å². The lowest BCUT2D eigenvalue weighted by Crippen LogP contribution is -1.88. The van der Waals surface area contributed by atoms with Crippen LogP contribution in [0.2, 0.25) is 0 Å². The summed E-state index contributed by atoms with van der Waals surface area (Å²) in [6, 6.07) is 0. The molecule has 0 bridgehead atoms. The van der Waals surface area contributed by atoms with Crippen LogP contribution in [0.15, 0.2) is 5.38 Å². The molecule has 0 radical (unpaired) electrons. The Labute approximate surface area is 49.8 Å². The Morgan fingerprint density at radius 3 is 3.25 bits per heavy atom. The van der Waals surface area contributed by atoms with Crippen molar-refractivity contribution >= 4 is 17.4 Å². The maximum absolute atomic E-state index is 4.79. The molecule has 1 fully saturated rings. The van der Waals surface area contributed by atoms with Crippen molar-refractivity contribution in [2.24, 2.45) is 0 Å². The largest absolute Gasteiger partial charge is 0.246 e. The maximum Gasteiger partial charge on any atom is 0.190 e. The van der Waals surface area contributed by atoms with Gasteiger partial charge in [-0.15, -0.1) is 5.10 Å². The molecule has 0 aliphatic carbocycles. The highest BCUT2D eigenvalue weighted by Gasteiger charge is 2.21. The van der Waals surface area contributed by atoms with E-state index in [1.54, 1.807) is 5.06 Å². The summed E-state index contributed by atoms with van der Waals surface area (Å²) in [5, 5.41) is 7.26. The molecule has 0 saturated carbocycles. The fourth-order valence-corrected chi connectivity index (χ4v) is 0.866. The predicted octanol–water partition coefficient (Wildman–Crippen LogP) is 0.247. The first-order valence-electron chi connectivity index (χ1n) is 2.14. The first-order chi connectivity index (χ1) is 3.97. The summed E-state index contributed by atoms with van der Waals surface area (Å²) in [5.74, 6) is 0.815. The zero-order valence-electron chi connectivity index (χ0n) is 3.94. The average Bonchev–Trinajstić information content (AvgIpc) is 2.49. The molecule has 1 aromatic rings. The first-order valence-corrected chi connectivity index (χ1v) is 2.98. The summed E-state index contributed by atoms with van der Waals surface area (Å²) in [4.78, 5) is 4.79. The third-order valence-corrected chi connectivity index (χ3v) is 1.35. The van der Waals surface area contributed by atoms with E-state index in [2.05, 4.69) is 9.59 Å². The van der Waals surface area contributed by atoms with Crippen molar-refractivity contribution < 1.29 is 4.84 Å². The second-order valence-corrected chi connectivity index (χ2v) is 2.01. The van der Waals surface area contributed by atoms with Crippen LogP contribution in [0.4, 0.5) is 5.82 Å². The van der Waals surface area contributed by atoms with Gasteiger partial charge >= 0.3 is 0 Å². The summed E-state index contributed by atoms with van der Waals surface area (Å²) < 4.78 is 3.65. The van der Waals surface area contributed by atoms with Crippen LogP contribution in [0.25, 0.3) is 0 Å². The number of nitrogens with zero attached hydrogens (tertiary/aromatic N) is 3. The smallest absolute Gasteiger partial charge is 0.190 e. The molecule has 8 heavy (non-hydrogen) atoms. The van der Waals surface area contributed by atoms with E-state index in [1.807, 2.05) is 5.38 Å². The van der Waals surface area contributed by atoms with E-state index in [1.165, 1.54) is 11.5 Å². The van der Waals surface area contributed by atoms with Gasteiger partial charge in [-0.3, -0.25) is 0 Å². The summed E-state index contributed by atoms with van der Waals surface area (Å²) in [6.07, 6.45) is 0. The number of hydroxylamine groups is 1. The van der Waals surface area contributed by atoms with E-state index in [-0.39, 0.29) is 0 Å². The molecule has 2 heterocycles. The average molecular weight is 129 g/mol. The summed E-state index contributed by atoms with van der Waals surface area (Å²) in [6.45, 7) is 0.658. The van der Waals surface area contributed by atoms with Crippen LogP contribution < -0.4 is 5.06 Å². The van der Waals surface area contributed by atoms with Gasteiger partial charge in [0.25, 0.3) is 0 Å². The van der Waals surface area contributed by atoms with Gasteiger partial charge in [0.1, 0.15) is 0 Å². The Hall–Kier alpha value is -0.680. The SMILES string of the molecule is c1snnc1N1CO1. The lowest BCUT2D eigenvalue weighted by Gasteiger charge is -1.82. The Balaban J connectivity index is 2.28. The molecule has 0 unspecified atom stereocenters. The van der Waals surface area contributed by atoms with E-state index in [4.69, 9.17) is 4.84 Å². The highest BCUT2D eigenvalue weighted by atomic mass is 32.1. The zero-order valence-corrected chi connectivity index (χ0v) is 4.76.